The molecule has 1 amide bonds. The molecule has 2 rings (SSSR count). The molecule has 0 heterocycles. The van der Waals surface area contributed by atoms with Crippen molar-refractivity contribution in [2.75, 3.05) is 33.8 Å². The summed E-state index contributed by atoms with van der Waals surface area (Å²) in [4.78, 5) is 15.3. The van der Waals surface area contributed by atoms with Gasteiger partial charge in [-0.25, -0.2) is 13.1 Å². The molecule has 7 nitrogen and oxygen atoms in total. The summed E-state index contributed by atoms with van der Waals surface area (Å²) in [5.74, 6) is 0.452. The summed E-state index contributed by atoms with van der Waals surface area (Å²) >= 11 is 0. The summed E-state index contributed by atoms with van der Waals surface area (Å²) in [6.45, 7) is 9.73. The number of rotatable bonds is 10. The van der Waals surface area contributed by atoms with Gasteiger partial charge in [0.15, 0.2) is 0 Å². The van der Waals surface area contributed by atoms with Gasteiger partial charge in [-0.3, -0.25) is 9.69 Å². The number of methoxy groups -OCH3 is 1. The second kappa shape index (κ2) is 10.7. The van der Waals surface area contributed by atoms with Crippen molar-refractivity contribution in [1.82, 2.24) is 14.9 Å². The number of sulfonamides is 1. The van der Waals surface area contributed by atoms with Crippen molar-refractivity contribution in [2.45, 2.75) is 38.6 Å². The standard InChI is InChI=1S/C23H33N3O4S/c1-7-26(8-2)21(18-10-9-11-20(13-18)30-6)15-25-23(27)19-12-16(3)17(4)22(14-19)31(28,29)24-5/h9-14,21,24H,7-8,15H2,1-6H3,(H,25,27). The van der Waals surface area contributed by atoms with Crippen LogP contribution in [0.5, 0.6) is 5.75 Å². The molecule has 2 aromatic carbocycles. The van der Waals surface area contributed by atoms with Crippen LogP contribution >= 0.6 is 0 Å². The first kappa shape index (κ1) is 24.8. The number of hydrogen-bond acceptors (Lipinski definition) is 5. The first-order chi connectivity index (χ1) is 14.7. The molecule has 0 aromatic heterocycles. The predicted molar refractivity (Wildman–Crippen MR) is 123 cm³/mol. The van der Waals surface area contributed by atoms with Crippen molar-refractivity contribution in [3.63, 3.8) is 0 Å². The zero-order chi connectivity index (χ0) is 23.2. The summed E-state index contributed by atoms with van der Waals surface area (Å²) in [5.41, 5.74) is 2.74. The van der Waals surface area contributed by atoms with Gasteiger partial charge < -0.3 is 10.1 Å². The lowest BCUT2D eigenvalue weighted by Crippen LogP contribution is -2.38. The first-order valence-corrected chi connectivity index (χ1v) is 11.9. The van der Waals surface area contributed by atoms with Crippen LogP contribution in [0, 0.1) is 13.8 Å². The Hall–Kier alpha value is -2.42. The third kappa shape index (κ3) is 5.84. The Balaban J connectivity index is 2.32. The minimum absolute atomic E-state index is 0.0406. The Morgan fingerprint density at radius 2 is 1.81 bits per heavy atom. The van der Waals surface area contributed by atoms with Crippen molar-refractivity contribution in [2.24, 2.45) is 0 Å². The lowest BCUT2D eigenvalue weighted by atomic mass is 10.0. The molecule has 31 heavy (non-hydrogen) atoms. The molecule has 2 N–H and O–H groups in total. The van der Waals surface area contributed by atoms with E-state index < -0.39 is 10.0 Å². The third-order valence-corrected chi connectivity index (χ3v) is 7.17. The molecule has 1 atom stereocenters. The average molecular weight is 448 g/mol. The van der Waals surface area contributed by atoms with E-state index in [2.05, 4.69) is 28.8 Å². The minimum atomic E-state index is -3.66. The number of aryl methyl sites for hydroxylation is 1. The van der Waals surface area contributed by atoms with Crippen molar-refractivity contribution in [3.8, 4) is 5.75 Å². The van der Waals surface area contributed by atoms with Crippen LogP contribution in [0.4, 0.5) is 0 Å². The topological polar surface area (TPSA) is 87.7 Å². The van der Waals surface area contributed by atoms with Crippen LogP contribution in [0.25, 0.3) is 0 Å². The van der Waals surface area contributed by atoms with Crippen molar-refractivity contribution in [1.29, 1.82) is 0 Å². The Bertz CT molecular complexity index is 1020. The number of nitrogens with one attached hydrogen (secondary N) is 2. The van der Waals surface area contributed by atoms with Gasteiger partial charge in [0, 0.05) is 12.1 Å². The lowest BCUT2D eigenvalue weighted by molar-refractivity contribution is 0.0934. The summed E-state index contributed by atoms with van der Waals surface area (Å²) in [6.07, 6.45) is 0. The number of amides is 1. The van der Waals surface area contributed by atoms with Gasteiger partial charge in [-0.2, -0.15) is 0 Å². The second-order valence-corrected chi connectivity index (χ2v) is 9.20. The summed E-state index contributed by atoms with van der Waals surface area (Å²) < 4.78 is 32.4. The summed E-state index contributed by atoms with van der Waals surface area (Å²) in [6, 6.07) is 10.9. The predicted octanol–water partition coefficient (Wildman–Crippen LogP) is 3.03. The van der Waals surface area contributed by atoms with Crippen LogP contribution in [0.15, 0.2) is 41.3 Å². The number of benzene rings is 2. The summed E-state index contributed by atoms with van der Waals surface area (Å²) in [7, 11) is -0.673. The Labute approximate surface area is 185 Å². The number of hydrogen-bond donors (Lipinski definition) is 2. The normalized spacial score (nSPS) is 12.6. The van der Waals surface area contributed by atoms with Crippen LogP contribution in [0.3, 0.4) is 0 Å². The van der Waals surface area contributed by atoms with E-state index >= 15 is 0 Å². The Morgan fingerprint density at radius 3 is 2.39 bits per heavy atom. The van der Waals surface area contributed by atoms with Gasteiger partial charge in [-0.1, -0.05) is 26.0 Å². The molecule has 0 saturated heterocycles. The molecule has 0 bridgehead atoms. The molecular weight excluding hydrogens is 414 g/mol. The molecule has 0 spiro atoms. The van der Waals surface area contributed by atoms with E-state index in [9.17, 15) is 13.2 Å². The Kier molecular flexibility index (Phi) is 8.61. The number of nitrogens with zero attached hydrogens (tertiary/aromatic N) is 1. The maximum Gasteiger partial charge on any atom is 0.251 e. The molecular formula is C23H33N3O4S. The van der Waals surface area contributed by atoms with Crippen LogP contribution in [-0.4, -0.2) is 53.0 Å². The smallest absolute Gasteiger partial charge is 0.251 e. The molecule has 0 aliphatic heterocycles. The highest BCUT2D eigenvalue weighted by Crippen LogP contribution is 2.25. The fourth-order valence-corrected chi connectivity index (χ4v) is 4.68. The first-order valence-electron chi connectivity index (χ1n) is 10.4. The Morgan fingerprint density at radius 1 is 1.13 bits per heavy atom. The molecule has 8 heteroatoms. The summed E-state index contributed by atoms with van der Waals surface area (Å²) in [5, 5.41) is 2.99. The van der Waals surface area contributed by atoms with E-state index in [-0.39, 0.29) is 16.8 Å². The fourth-order valence-electron chi connectivity index (χ4n) is 3.61. The minimum Gasteiger partial charge on any atom is -0.497 e. The molecule has 0 radical (unpaired) electrons. The number of carbonyl (C=O) groups excluding carboxylic acids is 1. The van der Waals surface area contributed by atoms with Gasteiger partial charge in [-0.15, -0.1) is 0 Å². The molecule has 0 saturated carbocycles. The highest BCUT2D eigenvalue weighted by Gasteiger charge is 2.22. The van der Waals surface area contributed by atoms with Crippen molar-refractivity contribution in [3.05, 3.63) is 58.7 Å². The second-order valence-electron chi connectivity index (χ2n) is 7.35. The molecule has 0 fully saturated rings. The fraction of sp³-hybridized carbons (Fsp3) is 0.435. The monoisotopic (exact) mass is 447 g/mol. The van der Waals surface area contributed by atoms with Crippen molar-refractivity contribution >= 4 is 15.9 Å². The van der Waals surface area contributed by atoms with E-state index in [1.807, 2.05) is 24.3 Å². The molecule has 1 unspecified atom stereocenters. The lowest BCUT2D eigenvalue weighted by Gasteiger charge is -2.30. The molecule has 0 aliphatic carbocycles. The van der Waals surface area contributed by atoms with Crippen LogP contribution in [-0.2, 0) is 10.0 Å². The van der Waals surface area contributed by atoms with Crippen LogP contribution in [0.2, 0.25) is 0 Å². The van der Waals surface area contributed by atoms with Gasteiger partial charge >= 0.3 is 0 Å². The van der Waals surface area contributed by atoms with Gasteiger partial charge in [0.1, 0.15) is 5.75 Å². The van der Waals surface area contributed by atoms with Gasteiger partial charge in [0.05, 0.1) is 18.0 Å². The largest absolute Gasteiger partial charge is 0.497 e. The molecule has 2 aromatic rings. The van der Waals surface area contributed by atoms with Crippen LogP contribution in [0.1, 0.15) is 46.9 Å². The van der Waals surface area contributed by atoms with E-state index in [0.29, 0.717) is 17.7 Å². The van der Waals surface area contributed by atoms with Crippen molar-refractivity contribution < 1.29 is 17.9 Å². The molecule has 0 aliphatic rings. The van der Waals surface area contributed by atoms with Crippen LogP contribution < -0.4 is 14.8 Å². The maximum absolute atomic E-state index is 13.0. The van der Waals surface area contributed by atoms with Gasteiger partial charge in [0.25, 0.3) is 5.91 Å². The number of ether oxygens (including phenoxy) is 1. The van der Waals surface area contributed by atoms with E-state index in [4.69, 9.17) is 4.74 Å². The van der Waals surface area contributed by atoms with Gasteiger partial charge in [-0.05, 0) is 74.9 Å². The van der Waals surface area contributed by atoms with E-state index in [0.717, 1.165) is 30.0 Å². The maximum atomic E-state index is 13.0. The number of likely N-dealkylation sites (N-methyl/N-ethyl adjacent to an activating group) is 1. The quantitative estimate of drug-likeness (QED) is 0.585. The van der Waals surface area contributed by atoms with E-state index in [1.165, 1.54) is 13.1 Å². The number of carbonyl (C=O) groups is 1. The average Bonchev–Trinajstić information content (AvgIpc) is 2.77. The molecule has 170 valence electrons. The zero-order valence-electron chi connectivity index (χ0n) is 19.2. The highest BCUT2D eigenvalue weighted by atomic mass is 32.2. The zero-order valence-corrected chi connectivity index (χ0v) is 20.0. The third-order valence-electron chi connectivity index (χ3n) is 5.63. The highest BCUT2D eigenvalue weighted by molar-refractivity contribution is 7.89. The van der Waals surface area contributed by atoms with E-state index in [1.54, 1.807) is 27.0 Å². The van der Waals surface area contributed by atoms with Gasteiger partial charge in [0.2, 0.25) is 10.0 Å². The SMILES string of the molecule is CCN(CC)C(CNC(=O)c1cc(C)c(C)c(S(=O)(=O)NC)c1)c1cccc(OC)c1.